The van der Waals surface area contributed by atoms with Crippen molar-refractivity contribution < 1.29 is 24.9 Å². The predicted molar refractivity (Wildman–Crippen MR) is 120 cm³/mol. The number of aromatic hydroxyl groups is 1. The Morgan fingerprint density at radius 2 is 1.19 bits per heavy atom. The number of phenols is 1. The summed E-state index contributed by atoms with van der Waals surface area (Å²) in [4.78, 5) is 22.5. The number of carboxylic acid groups (broad SMARTS) is 2. The Morgan fingerprint density at radius 1 is 0.710 bits per heavy atom. The Bertz CT molecular complexity index is 761. The summed E-state index contributed by atoms with van der Waals surface area (Å²) in [5.41, 5.74) is 1.49. The van der Waals surface area contributed by atoms with E-state index in [4.69, 9.17) is 0 Å². The second-order valence-electron chi connectivity index (χ2n) is 9.91. The summed E-state index contributed by atoms with van der Waals surface area (Å²) in [5, 5.41) is 28.8. The maximum Gasteiger partial charge on any atom is 0.309 e. The molecule has 0 aliphatic heterocycles. The molecule has 0 radical (unpaired) electrons. The van der Waals surface area contributed by atoms with Crippen molar-refractivity contribution in [1.29, 1.82) is 0 Å². The van der Waals surface area contributed by atoms with Gasteiger partial charge in [0, 0.05) is 0 Å². The molecule has 0 amide bonds. The normalized spacial score (nSPS) is 17.9. The zero-order valence-corrected chi connectivity index (χ0v) is 18.7. The number of phenolic OH excluding ortho intramolecular Hbond substituents is 1. The van der Waals surface area contributed by atoms with Crippen molar-refractivity contribution in [2.24, 2.45) is 10.8 Å². The number of rotatable bonds is 16. The molecule has 3 N–H and O–H groups in total. The summed E-state index contributed by atoms with van der Waals surface area (Å²) < 4.78 is 0. The highest BCUT2D eigenvalue weighted by Crippen LogP contribution is 2.50. The lowest BCUT2D eigenvalue weighted by atomic mass is 9.94. The van der Waals surface area contributed by atoms with Gasteiger partial charge in [0.1, 0.15) is 5.75 Å². The Morgan fingerprint density at radius 3 is 1.68 bits per heavy atom. The first-order valence-corrected chi connectivity index (χ1v) is 12.2. The molecule has 0 atom stereocenters. The molecule has 0 bridgehead atoms. The number of hydrogen-bond acceptors (Lipinski definition) is 3. The second-order valence-corrected chi connectivity index (χ2v) is 9.91. The minimum absolute atomic E-state index is 0.387. The van der Waals surface area contributed by atoms with Crippen LogP contribution in [0.1, 0.15) is 101 Å². The molecule has 5 nitrogen and oxygen atoms in total. The third-order valence-electron chi connectivity index (χ3n) is 7.55. The number of hydrogen-bond donors (Lipinski definition) is 3. The second kappa shape index (κ2) is 10.5. The van der Waals surface area contributed by atoms with Crippen LogP contribution in [0.25, 0.3) is 0 Å². The van der Waals surface area contributed by atoms with Gasteiger partial charge in [-0.15, -0.1) is 0 Å². The van der Waals surface area contributed by atoms with E-state index in [0.717, 1.165) is 108 Å². The fourth-order valence-corrected chi connectivity index (χ4v) is 4.84. The van der Waals surface area contributed by atoms with Crippen LogP contribution < -0.4 is 0 Å². The van der Waals surface area contributed by atoms with Crippen LogP contribution in [0.15, 0.2) is 18.2 Å². The fraction of sp³-hybridized carbons (Fsp3) is 0.692. The average Bonchev–Trinajstić information content (AvgIpc) is 3.64. The number of carboxylic acids is 2. The molecule has 31 heavy (non-hydrogen) atoms. The van der Waals surface area contributed by atoms with Gasteiger partial charge in [-0.25, -0.2) is 0 Å². The van der Waals surface area contributed by atoms with Crippen LogP contribution >= 0.6 is 0 Å². The lowest BCUT2D eigenvalue weighted by Crippen LogP contribution is -2.14. The highest BCUT2D eigenvalue weighted by Gasteiger charge is 2.49. The van der Waals surface area contributed by atoms with Gasteiger partial charge in [-0.3, -0.25) is 9.59 Å². The molecule has 2 aliphatic carbocycles. The molecule has 3 rings (SSSR count). The van der Waals surface area contributed by atoms with E-state index in [9.17, 15) is 24.9 Å². The Hall–Kier alpha value is -2.04. The third-order valence-corrected chi connectivity index (χ3v) is 7.55. The minimum Gasteiger partial charge on any atom is -0.508 e. The third kappa shape index (κ3) is 6.47. The molecule has 0 aromatic heterocycles. The van der Waals surface area contributed by atoms with Crippen molar-refractivity contribution in [2.75, 3.05) is 0 Å². The van der Waals surface area contributed by atoms with Gasteiger partial charge in [-0.1, -0.05) is 50.7 Å². The zero-order valence-electron chi connectivity index (χ0n) is 18.7. The Kier molecular flexibility index (Phi) is 8.01. The minimum atomic E-state index is -0.625. The number of carbonyl (C=O) groups is 2. The fourth-order valence-electron chi connectivity index (χ4n) is 4.84. The van der Waals surface area contributed by atoms with Gasteiger partial charge in [0.05, 0.1) is 10.8 Å². The number of aryl methyl sites for hydroxylation is 1. The van der Waals surface area contributed by atoms with Crippen LogP contribution in [0, 0.1) is 10.8 Å². The van der Waals surface area contributed by atoms with Crippen molar-refractivity contribution in [3.63, 3.8) is 0 Å². The van der Waals surface area contributed by atoms with Gasteiger partial charge in [0.15, 0.2) is 0 Å². The van der Waals surface area contributed by atoms with Gasteiger partial charge in [-0.05, 0) is 81.4 Å². The molecular formula is C26H38O5. The van der Waals surface area contributed by atoms with E-state index in [2.05, 4.69) is 6.07 Å². The molecule has 1 aromatic carbocycles. The van der Waals surface area contributed by atoms with Gasteiger partial charge < -0.3 is 15.3 Å². The topological polar surface area (TPSA) is 94.8 Å². The first-order chi connectivity index (χ1) is 14.9. The van der Waals surface area contributed by atoms with Crippen LogP contribution in [0.5, 0.6) is 5.75 Å². The molecule has 0 saturated heterocycles. The zero-order chi connectivity index (χ0) is 22.3. The Balaban J connectivity index is 1.32. The maximum absolute atomic E-state index is 11.2. The lowest BCUT2D eigenvalue weighted by molar-refractivity contribution is -0.144. The first kappa shape index (κ1) is 23.6. The largest absolute Gasteiger partial charge is 0.508 e. The van der Waals surface area contributed by atoms with Crippen molar-refractivity contribution in [3.8, 4) is 5.75 Å². The van der Waals surface area contributed by atoms with Gasteiger partial charge >= 0.3 is 11.9 Å². The van der Waals surface area contributed by atoms with E-state index in [1.54, 1.807) is 6.07 Å². The van der Waals surface area contributed by atoms with Crippen molar-refractivity contribution >= 4 is 11.9 Å². The smallest absolute Gasteiger partial charge is 0.309 e. The first-order valence-electron chi connectivity index (χ1n) is 12.2. The predicted octanol–water partition coefficient (Wildman–Crippen LogP) is 6.11. The van der Waals surface area contributed by atoms with Crippen molar-refractivity contribution in [2.45, 2.75) is 103 Å². The van der Waals surface area contributed by atoms with Gasteiger partial charge in [0.25, 0.3) is 0 Å². The van der Waals surface area contributed by atoms with Crippen LogP contribution in [-0.4, -0.2) is 27.3 Å². The molecule has 5 heteroatoms. The summed E-state index contributed by atoms with van der Waals surface area (Å²) in [7, 11) is 0. The molecule has 2 fully saturated rings. The Labute approximate surface area is 185 Å². The average molecular weight is 431 g/mol. The summed E-state index contributed by atoms with van der Waals surface area (Å²) in [5.74, 6) is -0.858. The maximum atomic E-state index is 11.2. The summed E-state index contributed by atoms with van der Waals surface area (Å²) in [6, 6.07) is 5.80. The van der Waals surface area contributed by atoms with Crippen LogP contribution in [-0.2, 0) is 22.4 Å². The molecule has 0 spiro atoms. The van der Waals surface area contributed by atoms with Crippen LogP contribution in [0.2, 0.25) is 0 Å². The summed E-state index contributed by atoms with van der Waals surface area (Å²) >= 11 is 0. The molecule has 2 saturated carbocycles. The van der Waals surface area contributed by atoms with E-state index in [1.807, 2.05) is 6.07 Å². The highest BCUT2D eigenvalue weighted by atomic mass is 16.4. The standard InChI is InChI=1S/C26H38O5/c27-22-13-9-11-20(10-5-1-3-7-14-25(16-17-25)23(28)29)21(22)12-6-2-4-8-15-26(18-19-26)24(30)31/h9,11,13,27H,1-8,10,12,14-19H2,(H,28,29)(H,30,31). The van der Waals surface area contributed by atoms with Crippen LogP contribution in [0.4, 0.5) is 0 Å². The SMILES string of the molecule is O=C(O)C1(CCCCCCc2cccc(O)c2CCCCCCC2(C(=O)O)CC2)CC1. The molecular weight excluding hydrogens is 392 g/mol. The highest BCUT2D eigenvalue weighted by molar-refractivity contribution is 5.78. The van der Waals surface area contributed by atoms with Crippen LogP contribution in [0.3, 0.4) is 0 Å². The molecule has 0 heterocycles. The molecule has 0 unspecified atom stereocenters. The molecule has 2 aliphatic rings. The lowest BCUT2D eigenvalue weighted by Gasteiger charge is -2.13. The van der Waals surface area contributed by atoms with E-state index < -0.39 is 22.8 Å². The summed E-state index contributed by atoms with van der Waals surface area (Å²) in [6.45, 7) is 0. The van der Waals surface area contributed by atoms with Crippen molar-refractivity contribution in [3.05, 3.63) is 29.3 Å². The molecule has 1 aromatic rings. The van der Waals surface area contributed by atoms with E-state index in [1.165, 1.54) is 5.56 Å². The van der Waals surface area contributed by atoms with Crippen molar-refractivity contribution in [1.82, 2.24) is 0 Å². The molecule has 172 valence electrons. The van der Waals surface area contributed by atoms with E-state index in [-0.39, 0.29) is 0 Å². The van der Waals surface area contributed by atoms with E-state index in [0.29, 0.717) is 5.75 Å². The monoisotopic (exact) mass is 430 g/mol. The van der Waals surface area contributed by atoms with Gasteiger partial charge in [-0.2, -0.15) is 0 Å². The van der Waals surface area contributed by atoms with E-state index >= 15 is 0 Å². The van der Waals surface area contributed by atoms with Gasteiger partial charge in [0.2, 0.25) is 0 Å². The summed E-state index contributed by atoms with van der Waals surface area (Å²) in [6.07, 6.45) is 15.1. The number of benzene rings is 1. The number of aliphatic carboxylic acids is 2. The quantitative estimate of drug-likeness (QED) is 0.275. The number of unbranched alkanes of at least 4 members (excludes halogenated alkanes) is 6.